The van der Waals surface area contributed by atoms with Crippen LogP contribution in [0.3, 0.4) is 0 Å². The van der Waals surface area contributed by atoms with Crippen LogP contribution < -0.4 is 0 Å². The average Bonchev–Trinajstić information content (AvgIpc) is 2.77. The van der Waals surface area contributed by atoms with Gasteiger partial charge in [-0.3, -0.25) is 14.6 Å². The number of hydrogen-bond acceptors (Lipinski definition) is 3. The summed E-state index contributed by atoms with van der Waals surface area (Å²) in [5.41, 5.74) is 3.43. The van der Waals surface area contributed by atoms with E-state index in [-0.39, 0.29) is 5.91 Å². The van der Waals surface area contributed by atoms with E-state index in [1.54, 1.807) is 12.1 Å². The minimum absolute atomic E-state index is 0.123. The van der Waals surface area contributed by atoms with E-state index >= 15 is 0 Å². The molecule has 2 heterocycles. The molecule has 0 atom stereocenters. The lowest BCUT2D eigenvalue weighted by molar-refractivity contribution is -0.137. The number of rotatable bonds is 4. The van der Waals surface area contributed by atoms with E-state index in [2.05, 4.69) is 9.80 Å². The van der Waals surface area contributed by atoms with E-state index in [0.717, 1.165) is 75.0 Å². The van der Waals surface area contributed by atoms with Crippen LogP contribution in [-0.4, -0.2) is 59.4 Å². The van der Waals surface area contributed by atoms with Crippen LogP contribution in [0.2, 0.25) is 0 Å². The van der Waals surface area contributed by atoms with Gasteiger partial charge < -0.3 is 4.90 Å². The van der Waals surface area contributed by atoms with Gasteiger partial charge in [-0.25, -0.2) is 0 Å². The lowest BCUT2D eigenvalue weighted by atomic mass is 9.91. The molecule has 1 saturated heterocycles. The Morgan fingerprint density at radius 2 is 1.64 bits per heavy atom. The van der Waals surface area contributed by atoms with E-state index in [1.807, 2.05) is 23.1 Å². The van der Waals surface area contributed by atoms with Crippen LogP contribution in [0.25, 0.3) is 0 Å². The summed E-state index contributed by atoms with van der Waals surface area (Å²) in [6, 6.07) is 12.2. The first kappa shape index (κ1) is 22.4. The summed E-state index contributed by atoms with van der Waals surface area (Å²) >= 11 is 0. The van der Waals surface area contributed by atoms with Crippen LogP contribution in [0, 0.1) is 0 Å². The minimum atomic E-state index is -4.30. The number of amides is 1. The molecule has 3 aliphatic rings. The Bertz CT molecular complexity index is 993. The molecular weight excluding hydrogens is 427 g/mol. The minimum Gasteiger partial charge on any atom is -0.336 e. The van der Waals surface area contributed by atoms with E-state index < -0.39 is 11.7 Å². The highest BCUT2D eigenvalue weighted by molar-refractivity contribution is 5.94. The monoisotopic (exact) mass is 457 g/mol. The normalized spacial score (nSPS) is 20.4. The number of alkyl halides is 3. The maximum absolute atomic E-state index is 13.1. The zero-order chi connectivity index (χ0) is 23.0. The molecule has 2 aromatic rings. The maximum Gasteiger partial charge on any atom is 0.416 e. The Balaban J connectivity index is 1.18. The third kappa shape index (κ3) is 4.94. The summed E-state index contributed by atoms with van der Waals surface area (Å²) in [7, 11) is 0. The van der Waals surface area contributed by atoms with E-state index in [0.29, 0.717) is 6.54 Å². The third-order valence-corrected chi connectivity index (χ3v) is 7.42. The SMILES string of the molecule is O=C(c1ccc2c(c1)CCN(Cc1ccc(C(F)(F)F)cc1)C2)N1CCN(C2CCC2)CC1. The second-order valence-corrected chi connectivity index (χ2v) is 9.55. The molecule has 0 N–H and O–H groups in total. The largest absolute Gasteiger partial charge is 0.416 e. The number of fused-ring (bicyclic) bond motifs is 1. The molecule has 4 nitrogen and oxygen atoms in total. The van der Waals surface area contributed by atoms with E-state index in [1.165, 1.54) is 30.4 Å². The summed E-state index contributed by atoms with van der Waals surface area (Å²) in [4.78, 5) is 19.8. The summed E-state index contributed by atoms with van der Waals surface area (Å²) in [5.74, 6) is 0.123. The summed E-state index contributed by atoms with van der Waals surface area (Å²) in [6.07, 6.45) is 0.471. The number of halogens is 3. The van der Waals surface area contributed by atoms with Gasteiger partial charge in [-0.15, -0.1) is 0 Å². The van der Waals surface area contributed by atoms with Crippen LogP contribution in [-0.2, 0) is 25.7 Å². The molecular formula is C26H30F3N3O. The van der Waals surface area contributed by atoms with Crippen molar-refractivity contribution in [3.05, 3.63) is 70.3 Å². The molecule has 176 valence electrons. The molecule has 2 aliphatic heterocycles. The number of benzene rings is 2. The highest BCUT2D eigenvalue weighted by Crippen LogP contribution is 2.30. The fraction of sp³-hybridized carbons (Fsp3) is 0.500. The molecule has 0 radical (unpaired) electrons. The molecule has 2 aromatic carbocycles. The first-order valence-electron chi connectivity index (χ1n) is 11.9. The van der Waals surface area contributed by atoms with Gasteiger partial charge in [0.25, 0.3) is 5.91 Å². The molecule has 0 aromatic heterocycles. The van der Waals surface area contributed by atoms with Crippen molar-refractivity contribution < 1.29 is 18.0 Å². The van der Waals surface area contributed by atoms with Crippen molar-refractivity contribution in [2.45, 2.75) is 51.0 Å². The molecule has 5 rings (SSSR count). The first-order valence-corrected chi connectivity index (χ1v) is 11.9. The number of nitrogens with zero attached hydrogens (tertiary/aromatic N) is 3. The van der Waals surface area contributed by atoms with E-state index in [9.17, 15) is 18.0 Å². The zero-order valence-corrected chi connectivity index (χ0v) is 18.8. The van der Waals surface area contributed by atoms with Gasteiger partial charge in [-0.2, -0.15) is 13.2 Å². The van der Waals surface area contributed by atoms with Gasteiger partial charge in [0.15, 0.2) is 0 Å². The fourth-order valence-corrected chi connectivity index (χ4v) is 5.16. The molecule has 33 heavy (non-hydrogen) atoms. The predicted molar refractivity (Wildman–Crippen MR) is 121 cm³/mol. The van der Waals surface area contributed by atoms with Crippen LogP contribution in [0.5, 0.6) is 0 Å². The molecule has 1 saturated carbocycles. The second kappa shape index (κ2) is 9.11. The van der Waals surface area contributed by atoms with Crippen molar-refractivity contribution in [2.24, 2.45) is 0 Å². The molecule has 0 unspecified atom stereocenters. The Kier molecular flexibility index (Phi) is 6.18. The van der Waals surface area contributed by atoms with Gasteiger partial charge >= 0.3 is 6.18 Å². The molecule has 7 heteroatoms. The maximum atomic E-state index is 13.1. The molecule has 1 aliphatic carbocycles. The van der Waals surface area contributed by atoms with Gasteiger partial charge in [0.05, 0.1) is 5.56 Å². The van der Waals surface area contributed by atoms with Gasteiger partial charge in [0.1, 0.15) is 0 Å². The average molecular weight is 458 g/mol. The van der Waals surface area contributed by atoms with Gasteiger partial charge in [-0.05, 0) is 60.2 Å². The van der Waals surface area contributed by atoms with Crippen molar-refractivity contribution >= 4 is 5.91 Å². The summed E-state index contributed by atoms with van der Waals surface area (Å²) in [5, 5.41) is 0. The summed E-state index contributed by atoms with van der Waals surface area (Å²) in [6.45, 7) is 5.72. The lowest BCUT2D eigenvalue weighted by Crippen LogP contribution is -2.53. The molecule has 0 bridgehead atoms. The standard InChI is InChI=1S/C26H30F3N3O/c27-26(28,29)23-8-4-19(5-9-23)17-30-11-10-20-16-21(6-7-22(20)18-30)25(33)32-14-12-31(13-15-32)24-2-1-3-24/h4-9,16,24H,1-3,10-15,17-18H2. The van der Waals surface area contributed by atoms with Crippen molar-refractivity contribution in [1.82, 2.24) is 14.7 Å². The smallest absolute Gasteiger partial charge is 0.336 e. The Labute approximate surface area is 193 Å². The predicted octanol–water partition coefficient (Wildman–Crippen LogP) is 4.57. The number of piperazine rings is 1. The number of hydrogen-bond donors (Lipinski definition) is 0. The third-order valence-electron chi connectivity index (χ3n) is 7.42. The van der Waals surface area contributed by atoms with Gasteiger partial charge in [0.2, 0.25) is 0 Å². The molecule has 0 spiro atoms. The molecule has 2 fully saturated rings. The summed E-state index contributed by atoms with van der Waals surface area (Å²) < 4.78 is 38.3. The van der Waals surface area contributed by atoms with Crippen LogP contribution in [0.1, 0.15) is 51.9 Å². The van der Waals surface area contributed by atoms with Crippen molar-refractivity contribution in [2.75, 3.05) is 32.7 Å². The highest BCUT2D eigenvalue weighted by Gasteiger charge is 2.31. The number of carbonyl (C=O) groups is 1. The van der Waals surface area contributed by atoms with Crippen LogP contribution in [0.4, 0.5) is 13.2 Å². The van der Waals surface area contributed by atoms with Crippen molar-refractivity contribution in [3.8, 4) is 0 Å². The first-order chi connectivity index (χ1) is 15.9. The van der Waals surface area contributed by atoms with Gasteiger partial charge in [-0.1, -0.05) is 24.6 Å². The molecule has 1 amide bonds. The Morgan fingerprint density at radius 3 is 2.27 bits per heavy atom. The highest BCUT2D eigenvalue weighted by atomic mass is 19.4. The second-order valence-electron chi connectivity index (χ2n) is 9.55. The Morgan fingerprint density at radius 1 is 0.909 bits per heavy atom. The van der Waals surface area contributed by atoms with E-state index in [4.69, 9.17) is 0 Å². The zero-order valence-electron chi connectivity index (χ0n) is 18.8. The number of carbonyl (C=O) groups excluding carboxylic acids is 1. The quantitative estimate of drug-likeness (QED) is 0.673. The fourth-order valence-electron chi connectivity index (χ4n) is 5.16. The van der Waals surface area contributed by atoms with Gasteiger partial charge in [0, 0.05) is 57.4 Å². The Hall–Kier alpha value is -2.38. The van der Waals surface area contributed by atoms with Crippen molar-refractivity contribution in [3.63, 3.8) is 0 Å². The topological polar surface area (TPSA) is 26.8 Å². The van der Waals surface area contributed by atoms with Crippen LogP contribution in [0.15, 0.2) is 42.5 Å². The lowest BCUT2D eigenvalue weighted by Gasteiger charge is -2.43. The van der Waals surface area contributed by atoms with Crippen molar-refractivity contribution in [1.29, 1.82) is 0 Å². The van der Waals surface area contributed by atoms with Crippen LogP contribution >= 0.6 is 0 Å².